The van der Waals surface area contributed by atoms with Crippen LogP contribution in [0.3, 0.4) is 0 Å². The van der Waals surface area contributed by atoms with Gasteiger partial charge in [0.05, 0.1) is 12.1 Å². The van der Waals surface area contributed by atoms with E-state index in [4.69, 9.17) is 16.7 Å². The Bertz CT molecular complexity index is 689. The quantitative estimate of drug-likeness (QED) is 0.737. The van der Waals surface area contributed by atoms with Crippen LogP contribution in [0.4, 0.5) is 0 Å². The molecule has 0 atom stereocenters. The largest absolute Gasteiger partial charge is 0.481 e. The van der Waals surface area contributed by atoms with E-state index in [1.807, 2.05) is 10.6 Å². The molecule has 4 nitrogen and oxygen atoms in total. The average Bonchev–Trinajstić information content (AvgIpc) is 2.93. The number of carbonyl (C=O) groups excluding carboxylic acids is 1. The summed E-state index contributed by atoms with van der Waals surface area (Å²) < 4.78 is 1.95. The van der Waals surface area contributed by atoms with Crippen LogP contribution in [-0.4, -0.2) is 21.4 Å². The van der Waals surface area contributed by atoms with E-state index in [1.165, 1.54) is 0 Å². The van der Waals surface area contributed by atoms with Gasteiger partial charge in [0.15, 0.2) is 0 Å². The van der Waals surface area contributed by atoms with Crippen molar-refractivity contribution in [2.75, 3.05) is 0 Å². The van der Waals surface area contributed by atoms with Gasteiger partial charge in [-0.2, -0.15) is 0 Å². The highest BCUT2D eigenvalue weighted by Crippen LogP contribution is 2.18. The van der Waals surface area contributed by atoms with Crippen LogP contribution in [0.5, 0.6) is 0 Å². The van der Waals surface area contributed by atoms with Gasteiger partial charge in [0.25, 0.3) is 0 Å². The lowest BCUT2D eigenvalue weighted by Crippen LogP contribution is -2.13. The molecule has 0 aliphatic carbocycles. The van der Waals surface area contributed by atoms with Crippen molar-refractivity contribution < 1.29 is 14.7 Å². The molecule has 0 amide bonds. The van der Waals surface area contributed by atoms with Gasteiger partial charge in [0.2, 0.25) is 5.78 Å². The van der Waals surface area contributed by atoms with Gasteiger partial charge in [-0.25, -0.2) is 0 Å². The summed E-state index contributed by atoms with van der Waals surface area (Å²) in [6.07, 6.45) is 2.43. The minimum atomic E-state index is -0.834. The van der Waals surface area contributed by atoms with E-state index in [9.17, 15) is 9.59 Å². The molecule has 0 unspecified atom stereocenters. The third kappa shape index (κ3) is 4.45. The highest BCUT2D eigenvalue weighted by Gasteiger charge is 2.17. The molecule has 1 aromatic carbocycles. The summed E-state index contributed by atoms with van der Waals surface area (Å²) in [7, 11) is 0. The lowest BCUT2D eigenvalue weighted by molar-refractivity contribution is -0.136. The SMILES string of the molecule is CCCCn1c(CCC(=O)O)ccc1C(=O)c1ccc(Cl)cc1. The van der Waals surface area contributed by atoms with Gasteiger partial charge in [-0.05, 0) is 49.2 Å². The third-order valence-corrected chi connectivity index (χ3v) is 3.99. The second-order valence-electron chi connectivity index (χ2n) is 5.44. The number of ketones is 1. The molecule has 23 heavy (non-hydrogen) atoms. The molecule has 1 heterocycles. The van der Waals surface area contributed by atoms with Gasteiger partial charge >= 0.3 is 5.97 Å². The van der Waals surface area contributed by atoms with E-state index in [0.717, 1.165) is 18.5 Å². The summed E-state index contributed by atoms with van der Waals surface area (Å²) in [5, 5.41) is 9.46. The summed E-state index contributed by atoms with van der Waals surface area (Å²) in [4.78, 5) is 23.5. The van der Waals surface area contributed by atoms with Crippen molar-refractivity contribution in [2.24, 2.45) is 0 Å². The molecule has 0 spiro atoms. The number of aryl methyl sites for hydroxylation is 1. The van der Waals surface area contributed by atoms with Crippen LogP contribution < -0.4 is 0 Å². The lowest BCUT2D eigenvalue weighted by Gasteiger charge is -2.12. The summed E-state index contributed by atoms with van der Waals surface area (Å²) in [5.74, 6) is -0.904. The van der Waals surface area contributed by atoms with Crippen molar-refractivity contribution in [1.82, 2.24) is 4.57 Å². The molecule has 2 rings (SSSR count). The number of aliphatic carboxylic acids is 1. The maximum absolute atomic E-state index is 12.7. The highest BCUT2D eigenvalue weighted by molar-refractivity contribution is 6.30. The Morgan fingerprint density at radius 3 is 2.43 bits per heavy atom. The monoisotopic (exact) mass is 333 g/mol. The number of nitrogens with zero attached hydrogens (tertiary/aromatic N) is 1. The zero-order valence-electron chi connectivity index (χ0n) is 13.1. The van der Waals surface area contributed by atoms with Crippen LogP contribution in [-0.2, 0) is 17.8 Å². The van der Waals surface area contributed by atoms with E-state index in [0.29, 0.717) is 29.2 Å². The van der Waals surface area contributed by atoms with Crippen LogP contribution in [0.2, 0.25) is 5.02 Å². The maximum Gasteiger partial charge on any atom is 0.303 e. The Kier molecular flexibility index (Phi) is 5.99. The maximum atomic E-state index is 12.7. The molecule has 5 heteroatoms. The number of benzene rings is 1. The first-order chi connectivity index (χ1) is 11.0. The molecule has 0 saturated heterocycles. The van der Waals surface area contributed by atoms with Gasteiger partial charge in [-0.15, -0.1) is 0 Å². The Balaban J connectivity index is 2.30. The Morgan fingerprint density at radius 1 is 1.13 bits per heavy atom. The van der Waals surface area contributed by atoms with Crippen molar-refractivity contribution >= 4 is 23.4 Å². The smallest absolute Gasteiger partial charge is 0.303 e. The number of rotatable bonds is 8. The van der Waals surface area contributed by atoms with E-state index in [1.54, 1.807) is 30.3 Å². The minimum Gasteiger partial charge on any atom is -0.481 e. The predicted molar refractivity (Wildman–Crippen MR) is 90.2 cm³/mol. The molecule has 0 saturated carbocycles. The zero-order valence-corrected chi connectivity index (χ0v) is 13.8. The first-order valence-corrected chi connectivity index (χ1v) is 8.11. The molecule has 0 aliphatic rings. The normalized spacial score (nSPS) is 10.7. The lowest BCUT2D eigenvalue weighted by atomic mass is 10.1. The molecular formula is C18H20ClNO3. The van der Waals surface area contributed by atoms with Crippen molar-refractivity contribution in [3.63, 3.8) is 0 Å². The van der Waals surface area contributed by atoms with Gasteiger partial charge in [0, 0.05) is 22.8 Å². The zero-order chi connectivity index (χ0) is 16.8. The fourth-order valence-electron chi connectivity index (χ4n) is 2.49. The fraction of sp³-hybridized carbons (Fsp3) is 0.333. The van der Waals surface area contributed by atoms with Crippen molar-refractivity contribution in [2.45, 2.75) is 39.2 Å². The molecule has 0 fully saturated rings. The standard InChI is InChI=1S/C18H20ClNO3/c1-2-3-12-20-15(9-11-17(21)22)8-10-16(20)18(23)13-4-6-14(19)7-5-13/h4-8,10H,2-3,9,11-12H2,1H3,(H,21,22). The van der Waals surface area contributed by atoms with E-state index in [-0.39, 0.29) is 12.2 Å². The number of carboxylic acid groups (broad SMARTS) is 1. The summed E-state index contributed by atoms with van der Waals surface area (Å²) in [6, 6.07) is 10.4. The first-order valence-electron chi connectivity index (χ1n) is 7.73. The van der Waals surface area contributed by atoms with Crippen molar-refractivity contribution in [1.29, 1.82) is 0 Å². The number of aromatic nitrogens is 1. The van der Waals surface area contributed by atoms with E-state index >= 15 is 0 Å². The number of hydrogen-bond donors (Lipinski definition) is 1. The second-order valence-corrected chi connectivity index (χ2v) is 5.88. The van der Waals surface area contributed by atoms with Gasteiger partial charge < -0.3 is 9.67 Å². The molecule has 1 N–H and O–H groups in total. The van der Waals surface area contributed by atoms with Gasteiger partial charge in [-0.1, -0.05) is 24.9 Å². The van der Waals surface area contributed by atoms with Crippen LogP contribution in [0.15, 0.2) is 36.4 Å². The number of carboxylic acids is 1. The molecular weight excluding hydrogens is 314 g/mol. The summed E-state index contributed by atoms with van der Waals surface area (Å²) in [5.41, 5.74) is 2.06. The number of carbonyl (C=O) groups is 2. The van der Waals surface area contributed by atoms with Crippen LogP contribution in [0, 0.1) is 0 Å². The van der Waals surface area contributed by atoms with Crippen LogP contribution in [0.1, 0.15) is 47.9 Å². The summed E-state index contributed by atoms with van der Waals surface area (Å²) >= 11 is 5.87. The second kappa shape index (κ2) is 7.97. The molecule has 2 aromatic rings. The topological polar surface area (TPSA) is 59.3 Å². The molecule has 122 valence electrons. The van der Waals surface area contributed by atoms with Crippen molar-refractivity contribution in [3.05, 3.63) is 58.4 Å². The van der Waals surface area contributed by atoms with Crippen LogP contribution in [0.25, 0.3) is 0 Å². The Morgan fingerprint density at radius 2 is 1.83 bits per heavy atom. The minimum absolute atomic E-state index is 0.0602. The highest BCUT2D eigenvalue weighted by atomic mass is 35.5. The third-order valence-electron chi connectivity index (χ3n) is 3.74. The van der Waals surface area contributed by atoms with Gasteiger partial charge in [0.1, 0.15) is 0 Å². The van der Waals surface area contributed by atoms with Crippen LogP contribution >= 0.6 is 11.6 Å². The van der Waals surface area contributed by atoms with E-state index < -0.39 is 5.97 Å². The molecule has 0 radical (unpaired) electrons. The number of halogens is 1. The van der Waals surface area contributed by atoms with Gasteiger partial charge in [-0.3, -0.25) is 9.59 Å². The first kappa shape index (κ1) is 17.3. The van der Waals surface area contributed by atoms with Crippen molar-refractivity contribution in [3.8, 4) is 0 Å². The fourth-order valence-corrected chi connectivity index (χ4v) is 2.62. The molecule has 0 bridgehead atoms. The molecule has 1 aromatic heterocycles. The Hall–Kier alpha value is -2.07. The number of unbranched alkanes of at least 4 members (excludes halogenated alkanes) is 1. The summed E-state index contributed by atoms with van der Waals surface area (Å²) in [6.45, 7) is 2.80. The average molecular weight is 334 g/mol. The predicted octanol–water partition coefficient (Wildman–Crippen LogP) is 4.19. The Labute approximate surface area is 140 Å². The van der Waals surface area contributed by atoms with E-state index in [2.05, 4.69) is 6.92 Å². The number of hydrogen-bond acceptors (Lipinski definition) is 2. The molecule has 0 aliphatic heterocycles.